The van der Waals surface area contributed by atoms with E-state index < -0.39 is 0 Å². The Bertz CT molecular complexity index is 1080. The minimum Gasteiger partial charge on any atom is -0.355 e. The lowest BCUT2D eigenvalue weighted by molar-refractivity contribution is -0.117. The number of nitrogens with zero attached hydrogens (tertiary/aromatic N) is 3. The van der Waals surface area contributed by atoms with Gasteiger partial charge in [0.15, 0.2) is 5.82 Å². The number of amides is 1. The fourth-order valence-corrected chi connectivity index (χ4v) is 4.37. The van der Waals surface area contributed by atoms with Crippen molar-refractivity contribution in [2.24, 2.45) is 0 Å². The predicted molar refractivity (Wildman–Crippen MR) is 126 cm³/mol. The molecule has 0 aliphatic carbocycles. The molecule has 3 heterocycles. The number of nitrogens with one attached hydrogen (secondary N) is 3. The van der Waals surface area contributed by atoms with Crippen LogP contribution in [0.25, 0.3) is 11.3 Å². The zero-order chi connectivity index (χ0) is 22.6. The number of hydrazine groups is 1. The summed E-state index contributed by atoms with van der Waals surface area (Å²) < 4.78 is 13.1. The van der Waals surface area contributed by atoms with E-state index >= 15 is 0 Å². The lowest BCUT2D eigenvalue weighted by Crippen LogP contribution is -2.39. The van der Waals surface area contributed by atoms with E-state index in [4.69, 9.17) is 0 Å². The van der Waals surface area contributed by atoms with Gasteiger partial charge >= 0.3 is 0 Å². The van der Waals surface area contributed by atoms with Gasteiger partial charge in [-0.15, -0.1) is 10.2 Å². The van der Waals surface area contributed by atoms with Crippen molar-refractivity contribution >= 4 is 17.4 Å². The Morgan fingerprint density at radius 3 is 2.36 bits per heavy atom. The Morgan fingerprint density at radius 1 is 0.909 bits per heavy atom. The van der Waals surface area contributed by atoms with E-state index in [2.05, 4.69) is 31.3 Å². The number of hydrogen-bond acceptors (Lipinski definition) is 6. The summed E-state index contributed by atoms with van der Waals surface area (Å²) >= 11 is 0. The fourth-order valence-electron chi connectivity index (χ4n) is 4.37. The van der Waals surface area contributed by atoms with E-state index in [-0.39, 0.29) is 23.8 Å². The monoisotopic (exact) mass is 446 g/mol. The number of halogens is 1. The highest BCUT2D eigenvalue weighted by atomic mass is 19.1. The minimum atomic E-state index is -0.382. The van der Waals surface area contributed by atoms with Crippen molar-refractivity contribution < 1.29 is 9.18 Å². The average molecular weight is 447 g/mol. The number of carbonyl (C=O) groups is 1. The second kappa shape index (κ2) is 9.64. The van der Waals surface area contributed by atoms with E-state index in [0.717, 1.165) is 35.7 Å². The summed E-state index contributed by atoms with van der Waals surface area (Å²) in [6.45, 7) is 2.08. The van der Waals surface area contributed by atoms with Gasteiger partial charge in [-0.25, -0.2) is 15.2 Å². The third-order valence-electron chi connectivity index (χ3n) is 6.27. The van der Waals surface area contributed by atoms with Gasteiger partial charge in [-0.05, 0) is 67.6 Å². The second-order valence-corrected chi connectivity index (χ2v) is 8.57. The maximum atomic E-state index is 13.1. The van der Waals surface area contributed by atoms with Crippen LogP contribution in [0.2, 0.25) is 0 Å². The van der Waals surface area contributed by atoms with Gasteiger partial charge in [-0.2, -0.15) is 0 Å². The van der Waals surface area contributed by atoms with Crippen LogP contribution in [0.4, 0.5) is 15.9 Å². The van der Waals surface area contributed by atoms with E-state index in [1.54, 1.807) is 12.1 Å². The van der Waals surface area contributed by atoms with Gasteiger partial charge in [0.1, 0.15) is 11.9 Å². The number of carbonyl (C=O) groups excluding carboxylic acids is 1. The summed E-state index contributed by atoms with van der Waals surface area (Å²) in [5.74, 6) is 0.538. The summed E-state index contributed by atoms with van der Waals surface area (Å²) in [6, 6.07) is 17.5. The Kier molecular flexibility index (Phi) is 6.28. The molecule has 0 bridgehead atoms. The van der Waals surface area contributed by atoms with Crippen LogP contribution in [0.5, 0.6) is 0 Å². The Morgan fingerprint density at radius 2 is 1.67 bits per heavy atom. The van der Waals surface area contributed by atoms with Crippen molar-refractivity contribution in [1.29, 1.82) is 0 Å². The van der Waals surface area contributed by atoms with Crippen LogP contribution in [0.1, 0.15) is 37.3 Å². The average Bonchev–Trinajstić information content (AvgIpc) is 3.36. The third kappa shape index (κ3) is 5.02. The molecule has 2 aromatic carbocycles. The third-order valence-corrected chi connectivity index (χ3v) is 6.27. The molecule has 2 fully saturated rings. The molecule has 2 aliphatic rings. The first-order valence-corrected chi connectivity index (χ1v) is 11.4. The lowest BCUT2D eigenvalue weighted by Gasteiger charge is -2.27. The SMILES string of the molecule is O=C(Nc1ccc(-c2ccc(N3CCCCC3)nn2)cc1)C1CC(c2ccc(F)cc2)NN1. The molecule has 170 valence electrons. The van der Waals surface area contributed by atoms with Crippen LogP contribution in [-0.4, -0.2) is 35.2 Å². The molecule has 8 heteroatoms. The number of benzene rings is 2. The van der Waals surface area contributed by atoms with E-state index in [0.29, 0.717) is 12.1 Å². The summed E-state index contributed by atoms with van der Waals surface area (Å²) in [4.78, 5) is 15.0. The second-order valence-electron chi connectivity index (χ2n) is 8.57. The predicted octanol–water partition coefficient (Wildman–Crippen LogP) is 3.82. The molecule has 2 aliphatic heterocycles. The molecule has 3 aromatic rings. The molecule has 2 unspecified atom stereocenters. The van der Waals surface area contributed by atoms with Crippen LogP contribution in [-0.2, 0) is 4.79 Å². The molecule has 2 saturated heterocycles. The first-order chi connectivity index (χ1) is 16.2. The van der Waals surface area contributed by atoms with Crippen molar-refractivity contribution in [3.63, 3.8) is 0 Å². The molecule has 33 heavy (non-hydrogen) atoms. The lowest BCUT2D eigenvalue weighted by atomic mass is 10.0. The van der Waals surface area contributed by atoms with Crippen LogP contribution >= 0.6 is 0 Å². The smallest absolute Gasteiger partial charge is 0.242 e. The zero-order valence-corrected chi connectivity index (χ0v) is 18.3. The van der Waals surface area contributed by atoms with E-state index in [1.807, 2.05) is 36.4 Å². The maximum Gasteiger partial charge on any atom is 0.242 e. The Hall–Kier alpha value is -3.36. The van der Waals surface area contributed by atoms with Crippen molar-refractivity contribution in [3.05, 3.63) is 72.0 Å². The maximum absolute atomic E-state index is 13.1. The van der Waals surface area contributed by atoms with Gasteiger partial charge in [-0.3, -0.25) is 4.79 Å². The number of piperidine rings is 1. The molecule has 1 aromatic heterocycles. The first-order valence-electron chi connectivity index (χ1n) is 11.4. The number of aromatic nitrogens is 2. The quantitative estimate of drug-likeness (QED) is 0.553. The summed E-state index contributed by atoms with van der Waals surface area (Å²) in [5, 5.41) is 11.8. The molecule has 7 nitrogen and oxygen atoms in total. The van der Waals surface area contributed by atoms with Gasteiger partial charge in [-0.1, -0.05) is 24.3 Å². The normalized spacial score (nSPS) is 20.6. The summed E-state index contributed by atoms with van der Waals surface area (Å²) in [7, 11) is 0. The highest BCUT2D eigenvalue weighted by Crippen LogP contribution is 2.25. The van der Waals surface area contributed by atoms with Gasteiger partial charge < -0.3 is 10.2 Å². The molecular weight excluding hydrogens is 419 g/mol. The Labute approximate surface area is 192 Å². The first kappa shape index (κ1) is 21.5. The number of rotatable bonds is 5. The highest BCUT2D eigenvalue weighted by molar-refractivity contribution is 5.95. The van der Waals surface area contributed by atoms with Crippen molar-refractivity contribution in [1.82, 2.24) is 21.0 Å². The van der Waals surface area contributed by atoms with Crippen LogP contribution in [0.15, 0.2) is 60.7 Å². The van der Waals surface area contributed by atoms with E-state index in [1.165, 1.54) is 31.4 Å². The minimum absolute atomic E-state index is 0.0461. The molecule has 0 saturated carbocycles. The van der Waals surface area contributed by atoms with Crippen LogP contribution in [0.3, 0.4) is 0 Å². The summed E-state index contributed by atoms with van der Waals surface area (Å²) in [5.41, 5.74) is 9.55. The van der Waals surface area contributed by atoms with Gasteiger partial charge in [0.2, 0.25) is 5.91 Å². The summed E-state index contributed by atoms with van der Waals surface area (Å²) in [6.07, 6.45) is 4.27. The van der Waals surface area contributed by atoms with Gasteiger partial charge in [0.05, 0.1) is 5.69 Å². The van der Waals surface area contributed by atoms with Gasteiger partial charge in [0, 0.05) is 30.4 Å². The molecular formula is C25H27FN6O. The Balaban J connectivity index is 1.18. The van der Waals surface area contributed by atoms with Crippen molar-refractivity contribution in [2.45, 2.75) is 37.8 Å². The van der Waals surface area contributed by atoms with Crippen molar-refractivity contribution in [3.8, 4) is 11.3 Å². The largest absolute Gasteiger partial charge is 0.355 e. The van der Waals surface area contributed by atoms with Crippen LogP contribution < -0.4 is 21.1 Å². The van der Waals surface area contributed by atoms with E-state index in [9.17, 15) is 9.18 Å². The molecule has 1 amide bonds. The number of hydrogen-bond donors (Lipinski definition) is 3. The zero-order valence-electron chi connectivity index (χ0n) is 18.3. The van der Waals surface area contributed by atoms with Crippen molar-refractivity contribution in [2.75, 3.05) is 23.3 Å². The molecule has 2 atom stereocenters. The topological polar surface area (TPSA) is 82.2 Å². The van der Waals surface area contributed by atoms with Crippen LogP contribution in [0, 0.1) is 5.82 Å². The molecule has 0 spiro atoms. The molecule has 0 radical (unpaired) electrons. The molecule has 3 N–H and O–H groups in total. The highest BCUT2D eigenvalue weighted by Gasteiger charge is 2.30. The molecule has 5 rings (SSSR count). The fraction of sp³-hybridized carbons (Fsp3) is 0.320. The standard InChI is InChI=1S/C25H27FN6O/c26-19-8-4-18(5-9-19)22-16-23(30-29-22)25(33)27-20-10-6-17(7-11-20)21-12-13-24(31-28-21)32-14-2-1-3-15-32/h4-13,22-23,29-30H,1-3,14-16H2,(H,27,33). The number of anilines is 2. The van der Waals surface area contributed by atoms with Gasteiger partial charge in [0.25, 0.3) is 0 Å².